The molecular weight excluding hydrogens is 262 g/mol. The molecule has 6 heteroatoms. The average Bonchev–Trinajstić information content (AvgIpc) is 3.03. The first-order chi connectivity index (χ1) is 9.11. The average molecular weight is 273 g/mol. The molecule has 0 aromatic carbocycles. The number of carbonyl (C=O) groups is 1. The molecule has 0 unspecified atom stereocenters. The summed E-state index contributed by atoms with van der Waals surface area (Å²) in [6, 6.07) is 3.87. The maximum Gasteiger partial charge on any atom is 0.363 e. The molecule has 0 fully saturated rings. The normalized spacial score (nSPS) is 16.8. The third kappa shape index (κ3) is 2.34. The molecule has 2 aromatic rings. The van der Waals surface area contributed by atoms with Crippen molar-refractivity contribution >= 4 is 29.3 Å². The summed E-state index contributed by atoms with van der Waals surface area (Å²) in [5, 5.41) is 4.04. The van der Waals surface area contributed by atoms with Crippen LogP contribution in [-0.2, 0) is 16.6 Å². The fourth-order valence-corrected chi connectivity index (χ4v) is 2.53. The number of thiophene rings is 1. The van der Waals surface area contributed by atoms with Crippen molar-refractivity contribution in [2.24, 2.45) is 12.0 Å². The lowest BCUT2D eigenvalue weighted by molar-refractivity contribution is -0.129. The largest absolute Gasteiger partial charge is 0.401 e. The van der Waals surface area contributed by atoms with Gasteiger partial charge >= 0.3 is 5.97 Å². The van der Waals surface area contributed by atoms with E-state index in [0.717, 1.165) is 15.3 Å². The molecule has 1 aliphatic heterocycles. The highest BCUT2D eigenvalue weighted by molar-refractivity contribution is 7.14. The number of rotatable bonds is 2. The fourth-order valence-electron chi connectivity index (χ4n) is 1.74. The van der Waals surface area contributed by atoms with Gasteiger partial charge in [0.2, 0.25) is 5.90 Å². The van der Waals surface area contributed by atoms with Crippen LogP contribution in [0.3, 0.4) is 0 Å². The Hall–Kier alpha value is -2.21. The number of cyclic esters (lactones) is 1. The van der Waals surface area contributed by atoms with E-state index in [4.69, 9.17) is 4.74 Å². The third-order valence-corrected chi connectivity index (χ3v) is 3.59. The lowest BCUT2D eigenvalue weighted by atomic mass is 10.3. The minimum absolute atomic E-state index is 0.300. The SMILES string of the molecule is Cc1ccc(C2=N/C(=C\c3cnn(C)c3)C(=O)O2)s1. The van der Waals surface area contributed by atoms with E-state index in [2.05, 4.69) is 10.1 Å². The molecule has 0 N–H and O–H groups in total. The van der Waals surface area contributed by atoms with Crippen molar-refractivity contribution in [3.63, 3.8) is 0 Å². The van der Waals surface area contributed by atoms with E-state index in [1.807, 2.05) is 32.3 Å². The quantitative estimate of drug-likeness (QED) is 0.622. The Bertz CT molecular complexity index is 709. The van der Waals surface area contributed by atoms with Gasteiger partial charge in [0, 0.05) is 23.7 Å². The van der Waals surface area contributed by atoms with Gasteiger partial charge in [-0.05, 0) is 25.1 Å². The number of aryl methyl sites for hydroxylation is 2. The topological polar surface area (TPSA) is 56.5 Å². The molecule has 2 aromatic heterocycles. The predicted molar refractivity (Wildman–Crippen MR) is 72.9 cm³/mol. The van der Waals surface area contributed by atoms with E-state index in [9.17, 15) is 4.79 Å². The molecule has 0 saturated heterocycles. The number of aliphatic imine (C=N–C) groups is 1. The monoisotopic (exact) mass is 273 g/mol. The van der Waals surface area contributed by atoms with Crippen molar-refractivity contribution in [1.82, 2.24) is 9.78 Å². The van der Waals surface area contributed by atoms with Crippen LogP contribution in [0.4, 0.5) is 0 Å². The van der Waals surface area contributed by atoms with Crippen LogP contribution in [0.5, 0.6) is 0 Å². The number of aromatic nitrogens is 2. The van der Waals surface area contributed by atoms with E-state index in [-0.39, 0.29) is 0 Å². The zero-order valence-electron chi connectivity index (χ0n) is 10.5. The van der Waals surface area contributed by atoms with Crippen LogP contribution in [0, 0.1) is 6.92 Å². The van der Waals surface area contributed by atoms with Crippen LogP contribution in [0.15, 0.2) is 35.2 Å². The van der Waals surface area contributed by atoms with Gasteiger partial charge in [-0.1, -0.05) is 0 Å². The van der Waals surface area contributed by atoms with E-state index in [0.29, 0.717) is 11.6 Å². The van der Waals surface area contributed by atoms with Crippen LogP contribution < -0.4 is 0 Å². The Kier molecular flexibility index (Phi) is 2.79. The minimum Gasteiger partial charge on any atom is -0.401 e. The number of hydrogen-bond acceptors (Lipinski definition) is 5. The van der Waals surface area contributed by atoms with Gasteiger partial charge in [0.1, 0.15) is 0 Å². The number of carbonyl (C=O) groups excluding carboxylic acids is 1. The van der Waals surface area contributed by atoms with Gasteiger partial charge in [-0.25, -0.2) is 9.79 Å². The molecular formula is C13H11N3O2S. The number of ether oxygens (including phenoxy) is 1. The molecule has 0 saturated carbocycles. The van der Waals surface area contributed by atoms with Crippen molar-refractivity contribution in [3.8, 4) is 0 Å². The highest BCUT2D eigenvalue weighted by atomic mass is 32.1. The molecule has 1 aliphatic rings. The molecule has 3 rings (SSSR count). The molecule has 0 spiro atoms. The zero-order valence-corrected chi connectivity index (χ0v) is 11.3. The smallest absolute Gasteiger partial charge is 0.363 e. The van der Waals surface area contributed by atoms with Crippen molar-refractivity contribution in [2.75, 3.05) is 0 Å². The molecule has 19 heavy (non-hydrogen) atoms. The van der Waals surface area contributed by atoms with Crippen LogP contribution in [0.25, 0.3) is 6.08 Å². The van der Waals surface area contributed by atoms with Gasteiger partial charge in [0.15, 0.2) is 5.70 Å². The predicted octanol–water partition coefficient (Wildman–Crippen LogP) is 2.13. The van der Waals surface area contributed by atoms with Crippen molar-refractivity contribution in [1.29, 1.82) is 0 Å². The number of nitrogens with zero attached hydrogens (tertiary/aromatic N) is 3. The summed E-state index contributed by atoms with van der Waals surface area (Å²) in [5.41, 5.74) is 1.12. The molecule has 3 heterocycles. The van der Waals surface area contributed by atoms with Crippen LogP contribution in [0.2, 0.25) is 0 Å². The van der Waals surface area contributed by atoms with Crippen LogP contribution in [-0.4, -0.2) is 21.6 Å². The Morgan fingerprint density at radius 2 is 2.26 bits per heavy atom. The second kappa shape index (κ2) is 4.47. The maximum absolute atomic E-state index is 11.7. The maximum atomic E-state index is 11.7. The number of esters is 1. The first-order valence-corrected chi connectivity index (χ1v) is 6.51. The molecule has 0 amide bonds. The zero-order chi connectivity index (χ0) is 13.4. The highest BCUT2D eigenvalue weighted by Crippen LogP contribution is 2.23. The summed E-state index contributed by atoms with van der Waals surface area (Å²) in [4.78, 5) is 18.0. The molecule has 0 radical (unpaired) electrons. The van der Waals surface area contributed by atoms with Gasteiger partial charge in [-0.3, -0.25) is 4.68 Å². The highest BCUT2D eigenvalue weighted by Gasteiger charge is 2.25. The summed E-state index contributed by atoms with van der Waals surface area (Å²) in [5.74, 6) is -0.0526. The first kappa shape index (κ1) is 11.9. The van der Waals surface area contributed by atoms with Crippen molar-refractivity contribution in [3.05, 3.63) is 45.5 Å². The van der Waals surface area contributed by atoms with E-state index in [1.165, 1.54) is 0 Å². The van der Waals surface area contributed by atoms with Crippen LogP contribution in [0.1, 0.15) is 15.3 Å². The van der Waals surface area contributed by atoms with E-state index >= 15 is 0 Å². The van der Waals surface area contributed by atoms with Gasteiger partial charge in [0.25, 0.3) is 0 Å². The van der Waals surface area contributed by atoms with Gasteiger partial charge < -0.3 is 4.74 Å². The van der Waals surface area contributed by atoms with Gasteiger partial charge in [-0.15, -0.1) is 11.3 Å². The Labute approximate surface area is 113 Å². The van der Waals surface area contributed by atoms with E-state index in [1.54, 1.807) is 28.3 Å². The second-order valence-electron chi connectivity index (χ2n) is 4.19. The minimum atomic E-state index is -0.426. The van der Waals surface area contributed by atoms with Crippen molar-refractivity contribution in [2.45, 2.75) is 6.92 Å². The lowest BCUT2D eigenvalue weighted by Gasteiger charge is -1.92. The Balaban J connectivity index is 1.93. The molecule has 5 nitrogen and oxygen atoms in total. The summed E-state index contributed by atoms with van der Waals surface area (Å²) >= 11 is 1.55. The summed E-state index contributed by atoms with van der Waals surface area (Å²) in [6.45, 7) is 2.00. The number of hydrogen-bond donors (Lipinski definition) is 0. The fraction of sp³-hybridized carbons (Fsp3) is 0.154. The Morgan fingerprint density at radius 3 is 2.89 bits per heavy atom. The van der Waals surface area contributed by atoms with Gasteiger partial charge in [0.05, 0.1) is 11.1 Å². The second-order valence-corrected chi connectivity index (χ2v) is 5.48. The molecule has 96 valence electrons. The van der Waals surface area contributed by atoms with Crippen molar-refractivity contribution < 1.29 is 9.53 Å². The van der Waals surface area contributed by atoms with Crippen LogP contribution >= 0.6 is 11.3 Å². The summed E-state index contributed by atoms with van der Waals surface area (Å²) in [7, 11) is 1.82. The third-order valence-electron chi connectivity index (χ3n) is 2.60. The molecule has 0 atom stereocenters. The summed E-state index contributed by atoms with van der Waals surface area (Å²) in [6.07, 6.45) is 5.15. The molecule has 0 bridgehead atoms. The first-order valence-electron chi connectivity index (χ1n) is 5.70. The Morgan fingerprint density at radius 1 is 1.42 bits per heavy atom. The lowest BCUT2D eigenvalue weighted by Crippen LogP contribution is -2.03. The van der Waals surface area contributed by atoms with E-state index < -0.39 is 5.97 Å². The molecule has 0 aliphatic carbocycles. The van der Waals surface area contributed by atoms with Gasteiger partial charge in [-0.2, -0.15) is 5.10 Å². The standard InChI is InChI=1S/C13H11N3O2S/c1-8-3-4-11(19-8)12-15-10(13(17)18-12)5-9-6-14-16(2)7-9/h3-7H,1-2H3/b10-5-. The summed E-state index contributed by atoms with van der Waals surface area (Å²) < 4.78 is 6.84.